The number of halogens is 1. The van der Waals surface area contributed by atoms with Gasteiger partial charge < -0.3 is 0 Å². The van der Waals surface area contributed by atoms with E-state index in [4.69, 9.17) is 11.6 Å². The predicted molar refractivity (Wildman–Crippen MR) is 60.3 cm³/mol. The highest BCUT2D eigenvalue weighted by Gasteiger charge is 2.15. The second kappa shape index (κ2) is 4.61. The Kier molecular flexibility index (Phi) is 3.94. The summed E-state index contributed by atoms with van der Waals surface area (Å²) in [5.41, 5.74) is 0. The molecule has 0 bridgehead atoms. The zero-order valence-corrected chi connectivity index (χ0v) is 10.4. The van der Waals surface area contributed by atoms with E-state index in [0.29, 0.717) is 10.9 Å². The van der Waals surface area contributed by atoms with E-state index in [1.807, 2.05) is 6.07 Å². The zero-order chi connectivity index (χ0) is 10.8. The smallest absolute Gasteiger partial charge is 0.212 e. The third kappa shape index (κ3) is 2.95. The third-order valence-corrected chi connectivity index (χ3v) is 4.87. The maximum atomic E-state index is 11.4. The molecule has 0 radical (unpaired) electrons. The average Bonchev–Trinajstić information content (AvgIpc) is 2.51. The van der Waals surface area contributed by atoms with Crippen molar-refractivity contribution in [2.24, 2.45) is 0 Å². The summed E-state index contributed by atoms with van der Waals surface area (Å²) in [6, 6.07) is 3.61. The molecule has 0 fully saturated rings. The Balaban J connectivity index is 2.71. The fourth-order valence-corrected chi connectivity index (χ4v) is 2.97. The van der Waals surface area contributed by atoms with Gasteiger partial charge in [0.05, 0.1) is 10.1 Å². The molecule has 6 heteroatoms. The SMILES string of the molecule is CCS(=O)(=O)N(C)Cc1ccc(Cl)s1. The normalized spacial score (nSPS) is 12.3. The van der Waals surface area contributed by atoms with Crippen LogP contribution in [0.15, 0.2) is 12.1 Å². The molecule has 0 atom stereocenters. The highest BCUT2D eigenvalue weighted by Crippen LogP contribution is 2.22. The molecule has 1 aromatic heterocycles. The lowest BCUT2D eigenvalue weighted by molar-refractivity contribution is 0.471. The Hall–Kier alpha value is -0.100. The van der Waals surface area contributed by atoms with Gasteiger partial charge in [0.1, 0.15) is 0 Å². The van der Waals surface area contributed by atoms with Crippen LogP contribution in [0.2, 0.25) is 4.34 Å². The van der Waals surface area contributed by atoms with Gasteiger partial charge in [-0.15, -0.1) is 11.3 Å². The standard InChI is InChI=1S/C8H12ClNO2S2/c1-3-14(11,12)10(2)6-7-4-5-8(9)13-7/h4-5H,3,6H2,1-2H3. The van der Waals surface area contributed by atoms with Crippen LogP contribution in [0.25, 0.3) is 0 Å². The molecule has 0 saturated carbocycles. The summed E-state index contributed by atoms with van der Waals surface area (Å²) < 4.78 is 24.8. The van der Waals surface area contributed by atoms with Crippen molar-refractivity contribution in [2.75, 3.05) is 12.8 Å². The van der Waals surface area contributed by atoms with Crippen molar-refractivity contribution in [3.63, 3.8) is 0 Å². The Morgan fingerprint density at radius 3 is 2.57 bits per heavy atom. The first kappa shape index (κ1) is 12.0. The molecule has 0 aliphatic carbocycles. The molecule has 0 N–H and O–H groups in total. The van der Waals surface area contributed by atoms with Crippen molar-refractivity contribution in [1.82, 2.24) is 4.31 Å². The van der Waals surface area contributed by atoms with Crippen LogP contribution in [-0.2, 0) is 16.6 Å². The number of nitrogens with zero attached hydrogens (tertiary/aromatic N) is 1. The molecule has 80 valence electrons. The number of thiophene rings is 1. The van der Waals surface area contributed by atoms with Crippen molar-refractivity contribution >= 4 is 33.0 Å². The lowest BCUT2D eigenvalue weighted by Gasteiger charge is -2.14. The molecule has 3 nitrogen and oxygen atoms in total. The van der Waals surface area contributed by atoms with Gasteiger partial charge in [-0.2, -0.15) is 4.31 Å². The molecule has 1 rings (SSSR count). The summed E-state index contributed by atoms with van der Waals surface area (Å²) in [4.78, 5) is 0.953. The van der Waals surface area contributed by atoms with E-state index in [1.165, 1.54) is 15.6 Å². The zero-order valence-electron chi connectivity index (χ0n) is 8.03. The maximum absolute atomic E-state index is 11.4. The van der Waals surface area contributed by atoms with Crippen LogP contribution in [0.3, 0.4) is 0 Å². The maximum Gasteiger partial charge on any atom is 0.213 e. The lowest BCUT2D eigenvalue weighted by Crippen LogP contribution is -2.27. The second-order valence-electron chi connectivity index (χ2n) is 2.86. The molecule has 14 heavy (non-hydrogen) atoms. The summed E-state index contributed by atoms with van der Waals surface area (Å²) in [6.45, 7) is 2.03. The van der Waals surface area contributed by atoms with E-state index in [0.717, 1.165) is 4.88 Å². The highest BCUT2D eigenvalue weighted by molar-refractivity contribution is 7.89. The minimum absolute atomic E-state index is 0.128. The van der Waals surface area contributed by atoms with Gasteiger partial charge >= 0.3 is 0 Å². The monoisotopic (exact) mass is 253 g/mol. The molecule has 0 unspecified atom stereocenters. The summed E-state index contributed by atoms with van der Waals surface area (Å²) in [7, 11) is -1.51. The number of hydrogen-bond donors (Lipinski definition) is 0. The molecular weight excluding hydrogens is 242 g/mol. The largest absolute Gasteiger partial charge is 0.213 e. The van der Waals surface area contributed by atoms with Crippen molar-refractivity contribution in [3.8, 4) is 0 Å². The molecular formula is C8H12ClNO2S2. The van der Waals surface area contributed by atoms with Gasteiger partial charge in [-0.3, -0.25) is 0 Å². The Morgan fingerprint density at radius 2 is 2.14 bits per heavy atom. The van der Waals surface area contributed by atoms with E-state index < -0.39 is 10.0 Å². The van der Waals surface area contributed by atoms with Gasteiger partial charge in [0.2, 0.25) is 10.0 Å². The first-order valence-electron chi connectivity index (χ1n) is 4.14. The summed E-state index contributed by atoms with van der Waals surface area (Å²) in [5.74, 6) is 0.128. The Morgan fingerprint density at radius 1 is 1.50 bits per heavy atom. The van der Waals surface area contributed by atoms with E-state index in [-0.39, 0.29) is 5.75 Å². The minimum Gasteiger partial charge on any atom is -0.212 e. The van der Waals surface area contributed by atoms with Crippen LogP contribution in [0.5, 0.6) is 0 Å². The van der Waals surface area contributed by atoms with Crippen molar-refractivity contribution in [2.45, 2.75) is 13.5 Å². The molecule has 0 aromatic carbocycles. The third-order valence-electron chi connectivity index (χ3n) is 1.85. The fourth-order valence-electron chi connectivity index (χ4n) is 0.975. The predicted octanol–water partition coefficient (Wildman–Crippen LogP) is 2.18. The topological polar surface area (TPSA) is 37.4 Å². The number of rotatable bonds is 4. The van der Waals surface area contributed by atoms with Gasteiger partial charge in [0, 0.05) is 18.5 Å². The molecule has 1 heterocycles. The van der Waals surface area contributed by atoms with Crippen LogP contribution in [0, 0.1) is 0 Å². The first-order chi connectivity index (χ1) is 6.45. The summed E-state index contributed by atoms with van der Waals surface area (Å²) in [5, 5.41) is 0. The van der Waals surface area contributed by atoms with Crippen molar-refractivity contribution in [3.05, 3.63) is 21.3 Å². The van der Waals surface area contributed by atoms with Crippen LogP contribution in [0.1, 0.15) is 11.8 Å². The fraction of sp³-hybridized carbons (Fsp3) is 0.500. The Bertz CT molecular complexity index is 399. The van der Waals surface area contributed by atoms with Gasteiger partial charge in [-0.1, -0.05) is 11.6 Å². The molecule has 1 aromatic rings. The van der Waals surface area contributed by atoms with E-state index in [2.05, 4.69) is 0 Å². The highest BCUT2D eigenvalue weighted by atomic mass is 35.5. The molecule has 0 aliphatic rings. The summed E-state index contributed by atoms with van der Waals surface area (Å²) >= 11 is 7.14. The molecule has 0 aliphatic heterocycles. The number of sulfonamides is 1. The Labute approximate surface area is 93.4 Å². The van der Waals surface area contributed by atoms with Crippen molar-refractivity contribution < 1.29 is 8.42 Å². The van der Waals surface area contributed by atoms with E-state index in [9.17, 15) is 8.42 Å². The van der Waals surface area contributed by atoms with Crippen LogP contribution in [0.4, 0.5) is 0 Å². The molecule has 0 amide bonds. The lowest BCUT2D eigenvalue weighted by atomic mass is 10.5. The average molecular weight is 254 g/mol. The van der Waals surface area contributed by atoms with Crippen molar-refractivity contribution in [1.29, 1.82) is 0 Å². The quantitative estimate of drug-likeness (QED) is 0.825. The number of hydrogen-bond acceptors (Lipinski definition) is 3. The summed E-state index contributed by atoms with van der Waals surface area (Å²) in [6.07, 6.45) is 0. The van der Waals surface area contributed by atoms with Crippen LogP contribution >= 0.6 is 22.9 Å². The molecule has 0 saturated heterocycles. The van der Waals surface area contributed by atoms with Gasteiger partial charge in [0.25, 0.3) is 0 Å². The minimum atomic E-state index is -3.09. The van der Waals surface area contributed by atoms with E-state index in [1.54, 1.807) is 20.0 Å². The molecule has 0 spiro atoms. The van der Waals surface area contributed by atoms with E-state index >= 15 is 0 Å². The van der Waals surface area contributed by atoms with Gasteiger partial charge in [-0.05, 0) is 19.1 Å². The van der Waals surface area contributed by atoms with Crippen LogP contribution in [-0.4, -0.2) is 25.5 Å². The van der Waals surface area contributed by atoms with Gasteiger partial charge in [0.15, 0.2) is 0 Å². The first-order valence-corrected chi connectivity index (χ1v) is 6.94. The second-order valence-corrected chi connectivity index (χ2v) is 7.03. The van der Waals surface area contributed by atoms with Gasteiger partial charge in [-0.25, -0.2) is 8.42 Å². The van der Waals surface area contributed by atoms with Crippen LogP contribution < -0.4 is 0 Å².